The molecule has 1 saturated heterocycles. The third kappa shape index (κ3) is 5.53. The number of rotatable bonds is 5. The quantitative estimate of drug-likeness (QED) is 0.732. The minimum atomic E-state index is -0.550. The van der Waals surface area contributed by atoms with E-state index in [0.29, 0.717) is 18.1 Å². The number of alkyl carbamates (subject to hydrolysis) is 1. The van der Waals surface area contributed by atoms with Crippen molar-refractivity contribution in [3.63, 3.8) is 0 Å². The Balaban J connectivity index is 1.56. The molecule has 162 valence electrons. The fraction of sp³-hybridized carbons (Fsp3) is 0.524. The number of hydrogen-bond acceptors (Lipinski definition) is 6. The Morgan fingerprint density at radius 2 is 1.97 bits per heavy atom. The summed E-state index contributed by atoms with van der Waals surface area (Å²) in [5.74, 6) is 0.271. The van der Waals surface area contributed by atoms with Gasteiger partial charge in [0, 0.05) is 18.3 Å². The normalized spacial score (nSPS) is 19.0. The topological polar surface area (TPSA) is 89.4 Å². The maximum absolute atomic E-state index is 12.8. The van der Waals surface area contributed by atoms with E-state index in [9.17, 15) is 9.59 Å². The Kier molecular flexibility index (Phi) is 6.70. The van der Waals surface area contributed by atoms with Crippen molar-refractivity contribution < 1.29 is 14.3 Å². The minimum absolute atomic E-state index is 0.0134. The van der Waals surface area contributed by atoms with Gasteiger partial charge in [-0.1, -0.05) is 29.5 Å². The van der Waals surface area contributed by atoms with Gasteiger partial charge < -0.3 is 15.0 Å². The fourth-order valence-electron chi connectivity index (χ4n) is 3.36. The van der Waals surface area contributed by atoms with Crippen LogP contribution in [0.25, 0.3) is 5.69 Å². The Labute approximate surface area is 181 Å². The molecular weight excluding hydrogens is 402 g/mol. The number of benzene rings is 1. The summed E-state index contributed by atoms with van der Waals surface area (Å²) in [5.41, 5.74) is 1.58. The highest BCUT2D eigenvalue weighted by atomic mass is 32.2. The molecule has 2 heterocycles. The molecule has 2 atom stereocenters. The van der Waals surface area contributed by atoms with Crippen LogP contribution in [0.15, 0.2) is 35.7 Å². The lowest BCUT2D eigenvalue weighted by atomic mass is 10.1. The van der Waals surface area contributed by atoms with Gasteiger partial charge in [-0.15, -0.1) is 10.2 Å². The second-order valence-electron chi connectivity index (χ2n) is 8.48. The first kappa shape index (κ1) is 22.1. The fourth-order valence-corrected chi connectivity index (χ4v) is 4.17. The predicted octanol–water partition coefficient (Wildman–Crippen LogP) is 3.18. The number of hydrogen-bond donors (Lipinski definition) is 1. The number of nitrogens with one attached hydrogen (secondary N) is 1. The standard InChI is InChI=1S/C21H29N5O3S/c1-14-6-8-16(9-7-14)26-13-22-24-19(26)30-12-18(27)25-11-10-17(15(25)2)23-20(28)29-21(3,4)5/h6-9,13,15,17H,10-12H2,1-5H3,(H,23,28)/t15-,17+/m1/s1. The van der Waals surface area contributed by atoms with Crippen LogP contribution in [0.4, 0.5) is 4.79 Å². The molecule has 1 aliphatic rings. The minimum Gasteiger partial charge on any atom is -0.444 e. The predicted molar refractivity (Wildman–Crippen MR) is 116 cm³/mol. The molecule has 1 aromatic carbocycles. The summed E-state index contributed by atoms with van der Waals surface area (Å²) < 4.78 is 7.20. The lowest BCUT2D eigenvalue weighted by Crippen LogP contribution is -2.46. The molecule has 0 radical (unpaired) electrons. The molecule has 2 amide bonds. The maximum atomic E-state index is 12.8. The largest absolute Gasteiger partial charge is 0.444 e. The van der Waals surface area contributed by atoms with E-state index in [1.165, 1.54) is 17.3 Å². The molecule has 1 fully saturated rings. The average Bonchev–Trinajstić information content (AvgIpc) is 3.26. The van der Waals surface area contributed by atoms with Crippen LogP contribution in [0, 0.1) is 6.92 Å². The molecule has 0 unspecified atom stereocenters. The molecule has 0 aliphatic carbocycles. The van der Waals surface area contributed by atoms with Crippen molar-refractivity contribution in [2.75, 3.05) is 12.3 Å². The van der Waals surface area contributed by atoms with Crippen molar-refractivity contribution >= 4 is 23.8 Å². The summed E-state index contributed by atoms with van der Waals surface area (Å²) in [5, 5.41) is 11.7. The average molecular weight is 432 g/mol. The van der Waals surface area contributed by atoms with Crippen LogP contribution in [-0.2, 0) is 9.53 Å². The van der Waals surface area contributed by atoms with Gasteiger partial charge in [0.1, 0.15) is 11.9 Å². The molecule has 2 aromatic rings. The van der Waals surface area contributed by atoms with Crippen LogP contribution < -0.4 is 5.32 Å². The highest BCUT2D eigenvalue weighted by Gasteiger charge is 2.35. The number of carbonyl (C=O) groups excluding carboxylic acids is 2. The molecule has 1 aliphatic heterocycles. The summed E-state index contributed by atoms with van der Waals surface area (Å²) in [4.78, 5) is 26.7. The summed E-state index contributed by atoms with van der Waals surface area (Å²) in [6.07, 6.45) is 1.90. The molecular formula is C21H29N5O3S. The van der Waals surface area contributed by atoms with E-state index >= 15 is 0 Å². The number of aryl methyl sites for hydroxylation is 1. The first-order chi connectivity index (χ1) is 14.1. The Bertz CT molecular complexity index is 891. The van der Waals surface area contributed by atoms with Crippen molar-refractivity contribution in [1.82, 2.24) is 25.0 Å². The van der Waals surface area contributed by atoms with Crippen LogP contribution in [-0.4, -0.2) is 61.6 Å². The number of amides is 2. The molecule has 0 bridgehead atoms. The molecule has 3 rings (SSSR count). The van der Waals surface area contributed by atoms with Crippen LogP contribution in [0.3, 0.4) is 0 Å². The summed E-state index contributed by atoms with van der Waals surface area (Å²) in [7, 11) is 0. The molecule has 1 N–H and O–H groups in total. The zero-order valence-electron chi connectivity index (χ0n) is 18.1. The van der Waals surface area contributed by atoms with Gasteiger partial charge in [0.15, 0.2) is 5.16 Å². The lowest BCUT2D eigenvalue weighted by Gasteiger charge is -2.26. The van der Waals surface area contributed by atoms with Gasteiger partial charge >= 0.3 is 6.09 Å². The number of carbonyl (C=O) groups is 2. The van der Waals surface area contributed by atoms with Gasteiger partial charge in [-0.25, -0.2) is 4.79 Å². The van der Waals surface area contributed by atoms with E-state index in [0.717, 1.165) is 5.69 Å². The number of likely N-dealkylation sites (tertiary alicyclic amines) is 1. The monoisotopic (exact) mass is 431 g/mol. The molecule has 30 heavy (non-hydrogen) atoms. The van der Waals surface area contributed by atoms with E-state index in [-0.39, 0.29) is 23.7 Å². The van der Waals surface area contributed by atoms with E-state index < -0.39 is 11.7 Å². The molecule has 9 heteroatoms. The Morgan fingerprint density at radius 1 is 1.27 bits per heavy atom. The van der Waals surface area contributed by atoms with E-state index in [2.05, 4.69) is 15.5 Å². The zero-order chi connectivity index (χ0) is 21.9. The van der Waals surface area contributed by atoms with Crippen LogP contribution in [0.2, 0.25) is 0 Å². The van der Waals surface area contributed by atoms with Gasteiger partial charge in [0.25, 0.3) is 0 Å². The third-order valence-corrected chi connectivity index (χ3v) is 5.86. The van der Waals surface area contributed by atoms with Gasteiger partial charge in [0.2, 0.25) is 5.91 Å². The molecule has 1 aromatic heterocycles. The Morgan fingerprint density at radius 3 is 2.63 bits per heavy atom. The Hall–Kier alpha value is -2.55. The van der Waals surface area contributed by atoms with E-state index in [1.807, 2.05) is 68.4 Å². The van der Waals surface area contributed by atoms with E-state index in [1.54, 1.807) is 6.33 Å². The van der Waals surface area contributed by atoms with Crippen molar-refractivity contribution in [1.29, 1.82) is 0 Å². The smallest absolute Gasteiger partial charge is 0.407 e. The summed E-state index contributed by atoms with van der Waals surface area (Å²) in [6.45, 7) is 10.1. The SMILES string of the molecule is Cc1ccc(-n2cnnc2SCC(=O)N2CC[C@H](NC(=O)OC(C)(C)C)[C@H]2C)cc1. The van der Waals surface area contributed by atoms with Gasteiger partial charge in [-0.3, -0.25) is 9.36 Å². The van der Waals surface area contributed by atoms with Gasteiger partial charge in [0.05, 0.1) is 11.8 Å². The van der Waals surface area contributed by atoms with Crippen molar-refractivity contribution in [3.05, 3.63) is 36.2 Å². The number of ether oxygens (including phenoxy) is 1. The highest BCUT2D eigenvalue weighted by molar-refractivity contribution is 7.99. The number of thioether (sulfide) groups is 1. The van der Waals surface area contributed by atoms with Gasteiger partial charge in [-0.05, 0) is 53.2 Å². The van der Waals surface area contributed by atoms with Crippen LogP contribution in [0.5, 0.6) is 0 Å². The molecule has 0 saturated carbocycles. The van der Waals surface area contributed by atoms with Crippen LogP contribution in [0.1, 0.15) is 39.7 Å². The number of aromatic nitrogens is 3. The van der Waals surface area contributed by atoms with Crippen LogP contribution >= 0.6 is 11.8 Å². The van der Waals surface area contributed by atoms with Gasteiger partial charge in [-0.2, -0.15) is 0 Å². The number of nitrogens with zero attached hydrogens (tertiary/aromatic N) is 4. The highest BCUT2D eigenvalue weighted by Crippen LogP contribution is 2.23. The second-order valence-corrected chi connectivity index (χ2v) is 9.42. The maximum Gasteiger partial charge on any atom is 0.407 e. The van der Waals surface area contributed by atoms with Crippen molar-refractivity contribution in [2.24, 2.45) is 0 Å². The van der Waals surface area contributed by atoms with Crippen molar-refractivity contribution in [3.8, 4) is 5.69 Å². The third-order valence-electron chi connectivity index (χ3n) is 4.93. The lowest BCUT2D eigenvalue weighted by molar-refractivity contribution is -0.129. The zero-order valence-corrected chi connectivity index (χ0v) is 18.9. The second kappa shape index (κ2) is 9.07. The molecule has 8 nitrogen and oxygen atoms in total. The first-order valence-electron chi connectivity index (χ1n) is 10.0. The summed E-state index contributed by atoms with van der Waals surface area (Å²) in [6, 6.07) is 7.84. The first-order valence-corrected chi connectivity index (χ1v) is 11.0. The van der Waals surface area contributed by atoms with Crippen molar-refractivity contribution in [2.45, 2.75) is 63.9 Å². The van der Waals surface area contributed by atoms with E-state index in [4.69, 9.17) is 4.74 Å². The summed E-state index contributed by atoms with van der Waals surface area (Å²) >= 11 is 1.36. The molecule has 0 spiro atoms.